The minimum absolute atomic E-state index is 0.566. The van der Waals surface area contributed by atoms with Gasteiger partial charge in [-0.25, -0.2) is 0 Å². The van der Waals surface area contributed by atoms with Crippen LogP contribution >= 0.6 is 0 Å². The van der Waals surface area contributed by atoms with Gasteiger partial charge in [-0.3, -0.25) is 0 Å². The second kappa shape index (κ2) is 7.14. The lowest BCUT2D eigenvalue weighted by Crippen LogP contribution is -2.30. The summed E-state index contributed by atoms with van der Waals surface area (Å²) in [6, 6.07) is 9.83. The van der Waals surface area contributed by atoms with E-state index in [1.54, 1.807) is 0 Å². The lowest BCUT2D eigenvalue weighted by atomic mass is 9.99. The Morgan fingerprint density at radius 1 is 1.24 bits per heavy atom. The molecule has 0 unspecified atom stereocenters. The Kier molecular flexibility index (Phi) is 4.56. The van der Waals surface area contributed by atoms with Crippen molar-refractivity contribution >= 4 is 0 Å². The number of fused-ring (bicyclic) bond motifs is 1. The van der Waals surface area contributed by atoms with Crippen LogP contribution in [0.2, 0.25) is 0 Å². The van der Waals surface area contributed by atoms with Crippen LogP contribution in [-0.2, 0) is 25.9 Å². The van der Waals surface area contributed by atoms with Crippen LogP contribution in [0.5, 0.6) is 0 Å². The monoisotopic (exact) mass is 338 g/mol. The van der Waals surface area contributed by atoms with E-state index in [-0.39, 0.29) is 0 Å². The zero-order chi connectivity index (χ0) is 17.1. The molecule has 0 spiro atoms. The van der Waals surface area contributed by atoms with Gasteiger partial charge < -0.3 is 14.4 Å². The number of nitrogens with zero attached hydrogens (tertiary/aromatic N) is 5. The van der Waals surface area contributed by atoms with E-state index >= 15 is 0 Å². The maximum Gasteiger partial charge on any atom is 0.257 e. The highest BCUT2D eigenvalue weighted by Gasteiger charge is 2.22. The second-order valence-electron chi connectivity index (χ2n) is 6.41. The van der Waals surface area contributed by atoms with Gasteiger partial charge in [0.25, 0.3) is 5.89 Å². The molecule has 0 saturated heterocycles. The molecule has 0 fully saturated rings. The van der Waals surface area contributed by atoms with Gasteiger partial charge in [0, 0.05) is 31.5 Å². The molecule has 0 saturated carbocycles. The van der Waals surface area contributed by atoms with E-state index in [1.165, 1.54) is 0 Å². The van der Waals surface area contributed by atoms with E-state index in [9.17, 15) is 0 Å². The first kappa shape index (κ1) is 16.0. The van der Waals surface area contributed by atoms with Gasteiger partial charge in [-0.05, 0) is 24.5 Å². The molecule has 130 valence electrons. The molecule has 3 aromatic rings. The fourth-order valence-corrected chi connectivity index (χ4v) is 3.29. The average molecular weight is 338 g/mol. The number of rotatable bonds is 6. The van der Waals surface area contributed by atoms with E-state index in [2.05, 4.69) is 37.1 Å². The Bertz CT molecular complexity index is 812. The van der Waals surface area contributed by atoms with Crippen LogP contribution in [0.1, 0.15) is 30.8 Å². The molecule has 3 heterocycles. The quantitative estimate of drug-likeness (QED) is 0.742. The van der Waals surface area contributed by atoms with Crippen LogP contribution in [0.4, 0.5) is 0 Å². The highest BCUT2D eigenvalue weighted by molar-refractivity contribution is 5.51. The highest BCUT2D eigenvalue weighted by Crippen LogP contribution is 2.20. The van der Waals surface area contributed by atoms with Crippen molar-refractivity contribution in [3.8, 4) is 11.5 Å². The standard InChI is InChI=1S/C18H22N6O/c1-2-16-21-22-17-9-8-13(12-24(16)17)10-19-11-15-20-18(25-23-15)14-6-4-3-5-7-14/h3-7,13,19H,2,8-12H2,1H3/t13-/m0/s1. The van der Waals surface area contributed by atoms with Gasteiger partial charge >= 0.3 is 0 Å². The molecule has 0 aliphatic carbocycles. The Hall–Kier alpha value is -2.54. The molecule has 0 radical (unpaired) electrons. The molecule has 1 aliphatic heterocycles. The van der Waals surface area contributed by atoms with Crippen molar-refractivity contribution in [2.75, 3.05) is 6.54 Å². The maximum absolute atomic E-state index is 5.34. The summed E-state index contributed by atoms with van der Waals surface area (Å²) in [5, 5.41) is 16.1. The summed E-state index contributed by atoms with van der Waals surface area (Å²) in [6.45, 7) is 4.65. The number of hydrogen-bond acceptors (Lipinski definition) is 6. The smallest absolute Gasteiger partial charge is 0.257 e. The Labute approximate surface area is 146 Å². The van der Waals surface area contributed by atoms with Gasteiger partial charge in [0.2, 0.25) is 0 Å². The van der Waals surface area contributed by atoms with Crippen LogP contribution in [0.15, 0.2) is 34.9 Å². The topological polar surface area (TPSA) is 81.7 Å². The molecule has 1 atom stereocenters. The summed E-state index contributed by atoms with van der Waals surface area (Å²) in [5.74, 6) is 4.05. The van der Waals surface area contributed by atoms with Crippen molar-refractivity contribution in [3.63, 3.8) is 0 Å². The third-order valence-corrected chi connectivity index (χ3v) is 4.64. The number of nitrogens with one attached hydrogen (secondary N) is 1. The third kappa shape index (κ3) is 3.46. The lowest BCUT2D eigenvalue weighted by Gasteiger charge is -2.24. The van der Waals surface area contributed by atoms with Gasteiger partial charge in [0.1, 0.15) is 11.6 Å². The summed E-state index contributed by atoms with van der Waals surface area (Å²) in [6.07, 6.45) is 3.06. The number of aryl methyl sites for hydroxylation is 2. The summed E-state index contributed by atoms with van der Waals surface area (Å²) in [5.41, 5.74) is 0.945. The van der Waals surface area contributed by atoms with E-state index in [1.807, 2.05) is 30.3 Å². The molecular formula is C18H22N6O. The molecule has 0 bridgehead atoms. The second-order valence-corrected chi connectivity index (χ2v) is 6.41. The van der Waals surface area contributed by atoms with Crippen LogP contribution in [0.3, 0.4) is 0 Å². The van der Waals surface area contributed by atoms with Crippen molar-refractivity contribution in [1.29, 1.82) is 0 Å². The van der Waals surface area contributed by atoms with Crippen LogP contribution in [-0.4, -0.2) is 31.4 Å². The van der Waals surface area contributed by atoms with Crippen molar-refractivity contribution in [3.05, 3.63) is 47.8 Å². The van der Waals surface area contributed by atoms with E-state index in [4.69, 9.17) is 4.52 Å². The first-order chi connectivity index (χ1) is 12.3. The predicted molar refractivity (Wildman–Crippen MR) is 92.7 cm³/mol. The minimum Gasteiger partial charge on any atom is -0.334 e. The molecule has 7 nitrogen and oxygen atoms in total. The Morgan fingerprint density at radius 2 is 2.12 bits per heavy atom. The first-order valence-electron chi connectivity index (χ1n) is 8.83. The zero-order valence-electron chi connectivity index (χ0n) is 14.4. The first-order valence-corrected chi connectivity index (χ1v) is 8.83. The lowest BCUT2D eigenvalue weighted by molar-refractivity contribution is 0.339. The zero-order valence-corrected chi connectivity index (χ0v) is 14.4. The molecule has 1 aliphatic rings. The average Bonchev–Trinajstić information content (AvgIpc) is 3.29. The largest absolute Gasteiger partial charge is 0.334 e. The minimum atomic E-state index is 0.566. The SMILES string of the molecule is CCc1nnc2n1C[C@H](CNCc1noc(-c3ccccc3)n1)CC2. The molecule has 7 heteroatoms. The predicted octanol–water partition coefficient (Wildman–Crippen LogP) is 2.24. The maximum atomic E-state index is 5.34. The van der Waals surface area contributed by atoms with Gasteiger partial charge in [-0.1, -0.05) is 30.3 Å². The van der Waals surface area contributed by atoms with Crippen molar-refractivity contribution < 1.29 is 4.52 Å². The summed E-state index contributed by atoms with van der Waals surface area (Å²) < 4.78 is 7.61. The summed E-state index contributed by atoms with van der Waals surface area (Å²) in [4.78, 5) is 4.45. The molecule has 1 aromatic carbocycles. The summed E-state index contributed by atoms with van der Waals surface area (Å²) >= 11 is 0. The van der Waals surface area contributed by atoms with Gasteiger partial charge in [-0.2, -0.15) is 4.98 Å². The number of hydrogen-bond donors (Lipinski definition) is 1. The molecular weight excluding hydrogens is 316 g/mol. The van der Waals surface area contributed by atoms with Crippen LogP contribution in [0.25, 0.3) is 11.5 Å². The molecule has 4 rings (SSSR count). The van der Waals surface area contributed by atoms with Gasteiger partial charge in [-0.15, -0.1) is 10.2 Å². The fourth-order valence-electron chi connectivity index (χ4n) is 3.29. The Morgan fingerprint density at radius 3 is 2.96 bits per heavy atom. The molecule has 2 aromatic heterocycles. The Balaban J connectivity index is 1.31. The van der Waals surface area contributed by atoms with E-state index in [0.29, 0.717) is 24.2 Å². The molecule has 0 amide bonds. The van der Waals surface area contributed by atoms with Crippen molar-refractivity contribution in [1.82, 2.24) is 30.2 Å². The number of benzene rings is 1. The van der Waals surface area contributed by atoms with Gasteiger partial charge in [0.15, 0.2) is 5.82 Å². The number of aromatic nitrogens is 5. The summed E-state index contributed by atoms with van der Waals surface area (Å²) in [7, 11) is 0. The van der Waals surface area contributed by atoms with Crippen molar-refractivity contribution in [2.24, 2.45) is 5.92 Å². The van der Waals surface area contributed by atoms with Crippen LogP contribution < -0.4 is 5.32 Å². The third-order valence-electron chi connectivity index (χ3n) is 4.64. The fraction of sp³-hybridized carbons (Fsp3) is 0.444. The van der Waals surface area contributed by atoms with Gasteiger partial charge in [0.05, 0.1) is 6.54 Å². The van der Waals surface area contributed by atoms with E-state index < -0.39 is 0 Å². The van der Waals surface area contributed by atoms with Crippen LogP contribution in [0, 0.1) is 5.92 Å². The highest BCUT2D eigenvalue weighted by atomic mass is 16.5. The van der Waals surface area contributed by atoms with E-state index in [0.717, 1.165) is 49.6 Å². The molecule has 25 heavy (non-hydrogen) atoms. The van der Waals surface area contributed by atoms with Crippen molar-refractivity contribution in [2.45, 2.75) is 39.3 Å². The normalized spacial score (nSPS) is 16.8. The molecule has 1 N–H and O–H groups in total.